The lowest BCUT2D eigenvalue weighted by Crippen LogP contribution is -2.40. The lowest BCUT2D eigenvalue weighted by Gasteiger charge is -2.29. The van der Waals surface area contributed by atoms with E-state index in [1.807, 2.05) is 13.0 Å². The minimum absolute atomic E-state index is 0.126. The third-order valence-corrected chi connectivity index (χ3v) is 6.88. The van der Waals surface area contributed by atoms with Crippen molar-refractivity contribution < 1.29 is 26.3 Å². The summed E-state index contributed by atoms with van der Waals surface area (Å²) in [4.78, 5) is 12.5. The smallest absolute Gasteiger partial charge is 0.419 e. The highest BCUT2D eigenvalue weighted by molar-refractivity contribution is 7.88. The van der Waals surface area contributed by atoms with Gasteiger partial charge >= 0.3 is 6.18 Å². The molecule has 0 atom stereocenters. The van der Waals surface area contributed by atoms with Gasteiger partial charge in [-0.2, -0.15) is 32.5 Å². The predicted octanol–water partition coefficient (Wildman–Crippen LogP) is 2.40. The van der Waals surface area contributed by atoms with Gasteiger partial charge < -0.3 is 4.74 Å². The Bertz CT molecular complexity index is 1210. The number of hydrogen-bond acceptors (Lipinski definition) is 8. The molecule has 1 fully saturated rings. The van der Waals surface area contributed by atoms with Crippen LogP contribution in [-0.4, -0.2) is 55.8 Å². The van der Waals surface area contributed by atoms with Gasteiger partial charge in [0.05, 0.1) is 23.5 Å². The molecule has 3 aromatic heterocycles. The minimum atomic E-state index is -4.64. The molecule has 14 heteroatoms. The van der Waals surface area contributed by atoms with E-state index in [-0.39, 0.29) is 25.7 Å². The van der Waals surface area contributed by atoms with Crippen LogP contribution in [-0.2, 0) is 22.8 Å². The predicted molar refractivity (Wildman–Crippen MR) is 107 cm³/mol. The molecule has 3 aromatic rings. The summed E-state index contributed by atoms with van der Waals surface area (Å²) in [6, 6.07) is 3.46. The first-order chi connectivity index (χ1) is 15.6. The molecule has 0 aliphatic carbocycles. The SMILES string of the molecule is Cc1ncccc1OCc1cnn(C2CCN(S(=O)(=O)c3ncc(C(F)(F)F)cn3)CC2)n1. The van der Waals surface area contributed by atoms with Crippen molar-refractivity contribution in [2.45, 2.75) is 43.7 Å². The van der Waals surface area contributed by atoms with Gasteiger partial charge in [0.2, 0.25) is 0 Å². The molecule has 10 nitrogen and oxygen atoms in total. The van der Waals surface area contributed by atoms with Crippen molar-refractivity contribution in [3.05, 3.63) is 53.9 Å². The van der Waals surface area contributed by atoms with Crippen LogP contribution in [0.2, 0.25) is 0 Å². The summed E-state index contributed by atoms with van der Waals surface area (Å²) in [7, 11) is -4.10. The molecule has 0 bridgehead atoms. The summed E-state index contributed by atoms with van der Waals surface area (Å²) in [5, 5.41) is 8.02. The number of sulfonamides is 1. The molecule has 1 aliphatic rings. The summed E-state index contributed by atoms with van der Waals surface area (Å²) in [5.74, 6) is 0.649. The van der Waals surface area contributed by atoms with Crippen LogP contribution in [0.1, 0.15) is 35.8 Å². The van der Waals surface area contributed by atoms with Crippen LogP contribution < -0.4 is 4.74 Å². The summed E-state index contributed by atoms with van der Waals surface area (Å²) in [6.45, 7) is 2.33. The number of hydrogen-bond donors (Lipinski definition) is 0. The average Bonchev–Trinajstić information content (AvgIpc) is 3.27. The van der Waals surface area contributed by atoms with E-state index in [1.165, 1.54) is 4.80 Å². The second-order valence-electron chi connectivity index (χ2n) is 7.42. The van der Waals surface area contributed by atoms with Gasteiger partial charge in [0.25, 0.3) is 15.2 Å². The molecule has 33 heavy (non-hydrogen) atoms. The number of pyridine rings is 1. The molecule has 0 unspecified atom stereocenters. The first-order valence-electron chi connectivity index (χ1n) is 9.99. The Morgan fingerprint density at radius 1 is 1.12 bits per heavy atom. The Hall–Kier alpha value is -3.13. The number of aromatic nitrogens is 6. The summed E-state index contributed by atoms with van der Waals surface area (Å²) in [5.41, 5.74) is 0.269. The second kappa shape index (κ2) is 9.02. The number of halogens is 3. The Morgan fingerprint density at radius 2 is 1.82 bits per heavy atom. The van der Waals surface area contributed by atoms with Crippen molar-refractivity contribution in [3.8, 4) is 5.75 Å². The average molecular weight is 483 g/mol. The van der Waals surface area contributed by atoms with E-state index in [0.29, 0.717) is 36.7 Å². The number of piperidine rings is 1. The van der Waals surface area contributed by atoms with Gasteiger partial charge in [0.15, 0.2) is 0 Å². The van der Waals surface area contributed by atoms with E-state index >= 15 is 0 Å². The van der Waals surface area contributed by atoms with Gasteiger partial charge in [-0.15, -0.1) is 0 Å². The quantitative estimate of drug-likeness (QED) is 0.491. The Balaban J connectivity index is 1.35. The maximum absolute atomic E-state index is 12.7. The van der Waals surface area contributed by atoms with Crippen molar-refractivity contribution in [2.24, 2.45) is 0 Å². The van der Waals surface area contributed by atoms with Crippen molar-refractivity contribution in [3.63, 3.8) is 0 Å². The van der Waals surface area contributed by atoms with Gasteiger partial charge in [-0.25, -0.2) is 18.4 Å². The molecule has 4 rings (SSSR count). The molecule has 0 amide bonds. The number of aryl methyl sites for hydroxylation is 1. The van der Waals surface area contributed by atoms with E-state index in [9.17, 15) is 21.6 Å². The number of nitrogens with zero attached hydrogens (tertiary/aromatic N) is 7. The number of alkyl halides is 3. The summed E-state index contributed by atoms with van der Waals surface area (Å²) >= 11 is 0. The molecule has 1 aliphatic heterocycles. The highest BCUT2D eigenvalue weighted by atomic mass is 32.2. The van der Waals surface area contributed by atoms with E-state index in [4.69, 9.17) is 4.74 Å². The second-order valence-corrected chi connectivity index (χ2v) is 9.25. The molecule has 4 heterocycles. The first-order valence-corrected chi connectivity index (χ1v) is 11.4. The van der Waals surface area contributed by atoms with Crippen LogP contribution >= 0.6 is 0 Å². The van der Waals surface area contributed by atoms with E-state index in [2.05, 4.69) is 25.1 Å². The van der Waals surface area contributed by atoms with Gasteiger partial charge in [-0.3, -0.25) is 4.98 Å². The third kappa shape index (κ3) is 5.11. The monoisotopic (exact) mass is 483 g/mol. The van der Waals surface area contributed by atoms with Crippen LogP contribution in [0.5, 0.6) is 5.75 Å². The van der Waals surface area contributed by atoms with Crippen LogP contribution in [0.3, 0.4) is 0 Å². The van der Waals surface area contributed by atoms with Gasteiger partial charge in [-0.1, -0.05) is 0 Å². The van der Waals surface area contributed by atoms with E-state index in [1.54, 1.807) is 18.5 Å². The summed E-state index contributed by atoms with van der Waals surface area (Å²) in [6.07, 6.45) is 0.415. The first kappa shape index (κ1) is 23.0. The zero-order valence-corrected chi connectivity index (χ0v) is 18.3. The number of ether oxygens (including phenoxy) is 1. The van der Waals surface area contributed by atoms with Crippen LogP contribution in [0, 0.1) is 6.92 Å². The third-order valence-electron chi connectivity index (χ3n) is 5.17. The molecule has 0 spiro atoms. The van der Waals surface area contributed by atoms with E-state index in [0.717, 1.165) is 10.00 Å². The highest BCUT2D eigenvalue weighted by Gasteiger charge is 2.35. The van der Waals surface area contributed by atoms with Crippen molar-refractivity contribution in [2.75, 3.05) is 13.1 Å². The topological polar surface area (TPSA) is 116 Å². The van der Waals surface area contributed by atoms with Crippen LogP contribution in [0.4, 0.5) is 13.2 Å². The molecule has 0 aromatic carbocycles. The van der Waals surface area contributed by atoms with Crippen molar-refractivity contribution in [1.29, 1.82) is 0 Å². The fourth-order valence-corrected chi connectivity index (χ4v) is 4.64. The zero-order chi connectivity index (χ0) is 23.6. The Kier molecular flexibility index (Phi) is 6.30. The molecule has 176 valence electrons. The summed E-state index contributed by atoms with van der Waals surface area (Å²) < 4.78 is 70.3. The molecule has 0 N–H and O–H groups in total. The van der Waals surface area contributed by atoms with Crippen molar-refractivity contribution in [1.82, 2.24) is 34.3 Å². The van der Waals surface area contributed by atoms with Crippen LogP contribution in [0.15, 0.2) is 42.1 Å². The molecule has 1 saturated heterocycles. The lowest BCUT2D eigenvalue weighted by atomic mass is 10.1. The Labute approximate surface area is 187 Å². The maximum atomic E-state index is 12.7. The molecule has 0 saturated carbocycles. The molecule has 0 radical (unpaired) electrons. The zero-order valence-electron chi connectivity index (χ0n) is 17.5. The largest absolute Gasteiger partial charge is 0.485 e. The normalized spacial score (nSPS) is 16.1. The highest BCUT2D eigenvalue weighted by Crippen LogP contribution is 2.29. The fourth-order valence-electron chi connectivity index (χ4n) is 3.35. The van der Waals surface area contributed by atoms with Gasteiger partial charge in [0.1, 0.15) is 18.1 Å². The standard InChI is InChI=1S/C19H20F3N7O3S/c1-13-17(3-2-6-23-13)32-12-15-11-26-29(27-15)16-4-7-28(8-5-16)33(30,31)18-24-9-14(10-25-18)19(20,21)22/h2-3,6,9-11,16H,4-5,7-8,12H2,1H3. The lowest BCUT2D eigenvalue weighted by molar-refractivity contribution is -0.138. The van der Waals surface area contributed by atoms with Crippen LogP contribution in [0.25, 0.3) is 0 Å². The Morgan fingerprint density at radius 3 is 2.45 bits per heavy atom. The van der Waals surface area contributed by atoms with E-state index < -0.39 is 26.9 Å². The molecular formula is C19H20F3N7O3S. The maximum Gasteiger partial charge on any atom is 0.419 e. The fraction of sp³-hybridized carbons (Fsp3) is 0.421. The van der Waals surface area contributed by atoms with Gasteiger partial charge in [-0.05, 0) is 31.9 Å². The van der Waals surface area contributed by atoms with Crippen molar-refractivity contribution >= 4 is 10.0 Å². The molecular weight excluding hydrogens is 463 g/mol. The van der Waals surface area contributed by atoms with Gasteiger partial charge in [0, 0.05) is 31.7 Å². The number of rotatable bonds is 6. The minimum Gasteiger partial charge on any atom is -0.485 e.